The van der Waals surface area contributed by atoms with Crippen molar-refractivity contribution in [3.05, 3.63) is 64.7 Å². The number of carbonyl (C=O) groups excluding carboxylic acids is 1. The van der Waals surface area contributed by atoms with E-state index in [0.717, 1.165) is 28.9 Å². The molecule has 0 atom stereocenters. The van der Waals surface area contributed by atoms with Crippen LogP contribution in [0.4, 0.5) is 10.1 Å². The molecule has 1 fully saturated rings. The molecule has 1 aliphatic rings. The zero-order valence-corrected chi connectivity index (χ0v) is 19.3. The topological polar surface area (TPSA) is 106 Å². The van der Waals surface area contributed by atoms with Crippen LogP contribution in [0.25, 0.3) is 5.69 Å². The third-order valence-electron chi connectivity index (χ3n) is 5.34. The summed E-state index contributed by atoms with van der Waals surface area (Å²) in [5.41, 5.74) is 3.40. The molecule has 1 saturated heterocycles. The van der Waals surface area contributed by atoms with E-state index >= 15 is 0 Å². The molecule has 11 heteroatoms. The number of nitrogens with one attached hydrogen (secondary N) is 1. The normalized spacial score (nSPS) is 14.9. The van der Waals surface area contributed by atoms with Crippen LogP contribution in [0, 0.1) is 26.6 Å². The highest BCUT2D eigenvalue weighted by molar-refractivity contribution is 7.89. The van der Waals surface area contributed by atoms with Crippen molar-refractivity contribution >= 4 is 21.6 Å². The Morgan fingerprint density at radius 3 is 2.48 bits per heavy atom. The number of anilines is 1. The first-order valence-electron chi connectivity index (χ1n) is 10.4. The van der Waals surface area contributed by atoms with Gasteiger partial charge in [0.1, 0.15) is 10.7 Å². The quantitative estimate of drug-likeness (QED) is 0.611. The number of aromatic nitrogens is 3. The van der Waals surface area contributed by atoms with Gasteiger partial charge in [-0.15, -0.1) is 5.10 Å². The van der Waals surface area contributed by atoms with Crippen molar-refractivity contribution in [1.82, 2.24) is 19.3 Å². The minimum absolute atomic E-state index is 0.0805. The molecule has 1 aromatic heterocycles. The molecular weight excluding hydrogens is 449 g/mol. The van der Waals surface area contributed by atoms with E-state index < -0.39 is 26.6 Å². The average molecular weight is 474 g/mol. The predicted octanol–water partition coefficient (Wildman–Crippen LogP) is 2.60. The molecule has 174 valence electrons. The molecule has 0 unspecified atom stereocenters. The van der Waals surface area contributed by atoms with Crippen molar-refractivity contribution in [2.75, 3.05) is 31.6 Å². The van der Waals surface area contributed by atoms with Crippen LogP contribution in [0.3, 0.4) is 0 Å². The number of hydrogen-bond acceptors (Lipinski definition) is 6. The predicted molar refractivity (Wildman–Crippen MR) is 120 cm³/mol. The lowest BCUT2D eigenvalue weighted by Gasteiger charge is -2.26. The van der Waals surface area contributed by atoms with Crippen molar-refractivity contribution in [3.8, 4) is 5.69 Å². The number of rotatable bonds is 5. The molecule has 9 nitrogen and oxygen atoms in total. The first kappa shape index (κ1) is 23.0. The number of carbonyl (C=O) groups is 1. The fourth-order valence-electron chi connectivity index (χ4n) is 3.62. The maximum absolute atomic E-state index is 14.4. The summed E-state index contributed by atoms with van der Waals surface area (Å²) in [6.07, 6.45) is 0. The molecule has 1 amide bonds. The van der Waals surface area contributed by atoms with E-state index in [4.69, 9.17) is 4.74 Å². The van der Waals surface area contributed by atoms with Gasteiger partial charge >= 0.3 is 0 Å². The number of benzene rings is 2. The average Bonchev–Trinajstić information content (AvgIpc) is 3.17. The summed E-state index contributed by atoms with van der Waals surface area (Å²) in [5.74, 6) is -1.47. The van der Waals surface area contributed by atoms with Gasteiger partial charge in [0.05, 0.1) is 24.6 Å². The Morgan fingerprint density at radius 1 is 1.06 bits per heavy atom. The van der Waals surface area contributed by atoms with Crippen molar-refractivity contribution in [2.45, 2.75) is 25.7 Å². The van der Waals surface area contributed by atoms with E-state index in [1.165, 1.54) is 15.2 Å². The Hall–Kier alpha value is -3.15. The molecule has 0 saturated carbocycles. The Labute approximate surface area is 191 Å². The van der Waals surface area contributed by atoms with Crippen LogP contribution < -0.4 is 5.32 Å². The van der Waals surface area contributed by atoms with Crippen LogP contribution in [0.5, 0.6) is 0 Å². The number of amides is 1. The third kappa shape index (κ3) is 4.65. The molecule has 1 aliphatic heterocycles. The van der Waals surface area contributed by atoms with Crippen LogP contribution in [0.1, 0.15) is 27.3 Å². The van der Waals surface area contributed by atoms with Gasteiger partial charge in [-0.3, -0.25) is 4.79 Å². The molecule has 1 N–H and O–H groups in total. The lowest BCUT2D eigenvalue weighted by atomic mass is 10.1. The minimum atomic E-state index is -4.07. The number of morpholine rings is 1. The zero-order valence-electron chi connectivity index (χ0n) is 18.5. The van der Waals surface area contributed by atoms with Crippen LogP contribution in [0.2, 0.25) is 0 Å². The maximum Gasteiger partial charge on any atom is 0.278 e. The van der Waals surface area contributed by atoms with Crippen LogP contribution in [0.15, 0.2) is 41.3 Å². The van der Waals surface area contributed by atoms with Crippen molar-refractivity contribution in [2.24, 2.45) is 0 Å². The smallest absolute Gasteiger partial charge is 0.278 e. The second kappa shape index (κ2) is 9.00. The van der Waals surface area contributed by atoms with Gasteiger partial charge in [-0.05, 0) is 50.6 Å². The Morgan fingerprint density at radius 2 is 1.79 bits per heavy atom. The number of halogens is 1. The molecule has 0 bridgehead atoms. The standard InChI is InChI=1S/C22H24FN5O4S/c1-14-4-7-19(15(2)12-14)28-25-16(3)21(26-28)22(29)24-17-5-6-18(23)20(13-17)33(30,31)27-8-10-32-11-9-27/h4-7,12-13H,8-11H2,1-3H3,(H,24,29). The van der Waals surface area contributed by atoms with Crippen LogP contribution >= 0.6 is 0 Å². The summed E-state index contributed by atoms with van der Waals surface area (Å²) in [7, 11) is -4.07. The van der Waals surface area contributed by atoms with Crippen molar-refractivity contribution in [3.63, 3.8) is 0 Å². The Balaban J connectivity index is 1.59. The molecule has 0 aliphatic carbocycles. The van der Waals surface area contributed by atoms with Gasteiger partial charge < -0.3 is 10.1 Å². The summed E-state index contributed by atoms with van der Waals surface area (Å²) < 4.78 is 46.5. The first-order chi connectivity index (χ1) is 15.7. The van der Waals surface area contributed by atoms with Gasteiger partial charge in [0, 0.05) is 18.8 Å². The first-order valence-corrected chi connectivity index (χ1v) is 11.8. The van der Waals surface area contributed by atoms with E-state index in [-0.39, 0.29) is 37.7 Å². The summed E-state index contributed by atoms with van der Waals surface area (Å²) in [4.78, 5) is 13.8. The second-order valence-electron chi connectivity index (χ2n) is 7.83. The molecule has 0 spiro atoms. The third-order valence-corrected chi connectivity index (χ3v) is 7.26. The van der Waals surface area contributed by atoms with Crippen LogP contribution in [-0.4, -0.2) is 59.9 Å². The van der Waals surface area contributed by atoms with Gasteiger partial charge in [-0.2, -0.15) is 14.2 Å². The molecule has 2 heterocycles. The largest absolute Gasteiger partial charge is 0.379 e. The van der Waals surface area contributed by atoms with E-state index in [9.17, 15) is 17.6 Å². The van der Waals surface area contributed by atoms with Crippen molar-refractivity contribution < 1.29 is 22.3 Å². The highest BCUT2D eigenvalue weighted by Crippen LogP contribution is 2.24. The number of sulfonamides is 1. The summed E-state index contributed by atoms with van der Waals surface area (Å²) in [6.45, 7) is 6.32. The van der Waals surface area contributed by atoms with Gasteiger partial charge in [-0.1, -0.05) is 17.7 Å². The summed E-state index contributed by atoms with van der Waals surface area (Å²) in [5, 5.41) is 11.2. The highest BCUT2D eigenvalue weighted by atomic mass is 32.2. The molecule has 0 radical (unpaired) electrons. The van der Waals surface area contributed by atoms with Crippen LogP contribution in [-0.2, 0) is 14.8 Å². The summed E-state index contributed by atoms with van der Waals surface area (Å²) in [6, 6.07) is 9.21. The zero-order chi connectivity index (χ0) is 23.8. The van der Waals surface area contributed by atoms with Gasteiger partial charge in [-0.25, -0.2) is 12.8 Å². The van der Waals surface area contributed by atoms with Gasteiger partial charge in [0.2, 0.25) is 10.0 Å². The van der Waals surface area contributed by atoms with E-state index in [1.54, 1.807) is 6.92 Å². The Kier molecular flexibility index (Phi) is 6.28. The van der Waals surface area contributed by atoms with Gasteiger partial charge in [0.25, 0.3) is 5.91 Å². The highest BCUT2D eigenvalue weighted by Gasteiger charge is 2.29. The van der Waals surface area contributed by atoms with E-state index in [2.05, 4.69) is 15.5 Å². The van der Waals surface area contributed by atoms with Crippen molar-refractivity contribution in [1.29, 1.82) is 0 Å². The number of aryl methyl sites for hydroxylation is 3. The van der Waals surface area contributed by atoms with Gasteiger partial charge in [0.15, 0.2) is 5.69 Å². The molecule has 33 heavy (non-hydrogen) atoms. The lowest BCUT2D eigenvalue weighted by Crippen LogP contribution is -2.40. The molecular formula is C22H24FN5O4S. The second-order valence-corrected chi connectivity index (χ2v) is 9.74. The molecule has 2 aromatic carbocycles. The monoisotopic (exact) mass is 473 g/mol. The number of ether oxygens (including phenoxy) is 1. The summed E-state index contributed by atoms with van der Waals surface area (Å²) >= 11 is 0. The van der Waals surface area contributed by atoms with E-state index in [0.29, 0.717) is 5.69 Å². The maximum atomic E-state index is 14.4. The Bertz CT molecular complexity index is 1320. The number of hydrogen-bond donors (Lipinski definition) is 1. The minimum Gasteiger partial charge on any atom is -0.379 e. The number of nitrogens with zero attached hydrogens (tertiary/aromatic N) is 4. The molecule has 4 rings (SSSR count). The lowest BCUT2D eigenvalue weighted by molar-refractivity contribution is 0.0729. The fraction of sp³-hybridized carbons (Fsp3) is 0.318. The van der Waals surface area contributed by atoms with E-state index in [1.807, 2.05) is 32.0 Å². The SMILES string of the molecule is Cc1ccc(-n2nc(C)c(C(=O)Nc3ccc(F)c(S(=O)(=O)N4CCOCC4)c3)n2)c(C)c1. The fourth-order valence-corrected chi connectivity index (χ4v) is 5.12. The molecule has 3 aromatic rings.